The summed E-state index contributed by atoms with van der Waals surface area (Å²) in [5.74, 6) is 1.44. The molecule has 0 amide bonds. The first-order valence-electron chi connectivity index (χ1n) is 1.74. The fourth-order valence-corrected chi connectivity index (χ4v) is 3.22. The van der Waals surface area contributed by atoms with Crippen molar-refractivity contribution in [1.82, 2.24) is 0 Å². The molecule has 2 fully saturated rings. The lowest BCUT2D eigenvalue weighted by Gasteiger charge is -2.01. The van der Waals surface area contributed by atoms with Crippen LogP contribution < -0.4 is 0 Å². The number of fused-ring (bicyclic) bond motifs is 1. The average molecular weight is 104 g/mol. The predicted molar refractivity (Wildman–Crippen MR) is 27.6 cm³/mol. The van der Waals surface area contributed by atoms with Crippen molar-refractivity contribution in [3.05, 3.63) is 0 Å². The van der Waals surface area contributed by atoms with Gasteiger partial charge in [-0.25, -0.2) is 0 Å². The summed E-state index contributed by atoms with van der Waals surface area (Å²) in [4.78, 5) is 0. The molecule has 0 saturated carbocycles. The fraction of sp³-hybridized carbons (Fsp3) is 1.00. The lowest BCUT2D eigenvalue weighted by Crippen LogP contribution is -2.04. The second kappa shape index (κ2) is 0.684. The molecular weight excluding hydrogens is 100 g/mol. The van der Waals surface area contributed by atoms with E-state index in [1.165, 1.54) is 5.75 Å². The van der Waals surface area contributed by atoms with Gasteiger partial charge in [-0.1, -0.05) is 0 Å². The van der Waals surface area contributed by atoms with Crippen LogP contribution in [-0.2, 0) is 0 Å². The van der Waals surface area contributed by atoms with E-state index >= 15 is 0 Å². The van der Waals surface area contributed by atoms with Gasteiger partial charge < -0.3 is 0 Å². The van der Waals surface area contributed by atoms with Crippen LogP contribution in [0.4, 0.5) is 0 Å². The Labute approximate surface area is 39.7 Å². The maximum atomic E-state index is 2.12. The Morgan fingerprint density at radius 3 is 2.40 bits per heavy atom. The summed E-state index contributed by atoms with van der Waals surface area (Å²) in [6.07, 6.45) is 0. The van der Waals surface area contributed by atoms with Gasteiger partial charge in [0.05, 0.1) is 4.58 Å². The van der Waals surface area contributed by atoms with Gasteiger partial charge in [-0.05, 0) is 0 Å². The highest BCUT2D eigenvalue weighted by Crippen LogP contribution is 2.59. The average Bonchev–Trinajstić information content (AvgIpc) is 1.74. The van der Waals surface area contributed by atoms with Crippen LogP contribution in [-0.4, -0.2) is 15.6 Å². The Morgan fingerprint density at radius 1 is 1.60 bits per heavy atom. The summed E-state index contributed by atoms with van der Waals surface area (Å²) < 4.78 is 1.06. The van der Waals surface area contributed by atoms with Crippen molar-refractivity contribution in [2.24, 2.45) is 0 Å². The predicted octanol–water partition coefficient (Wildman–Crippen LogP) is 1.17. The first kappa shape index (κ1) is 2.80. The molecule has 0 spiro atoms. The second-order valence-corrected chi connectivity index (χ2v) is 4.23. The third-order valence-electron chi connectivity index (χ3n) is 0.961. The van der Waals surface area contributed by atoms with Gasteiger partial charge in [0.15, 0.2) is 0 Å². The van der Waals surface area contributed by atoms with E-state index in [4.69, 9.17) is 0 Å². The zero-order valence-corrected chi connectivity index (χ0v) is 4.31. The van der Waals surface area contributed by atoms with E-state index in [0.29, 0.717) is 0 Å². The fourth-order valence-electron chi connectivity index (χ4n) is 0.459. The minimum absolute atomic E-state index is 1.06. The van der Waals surface area contributed by atoms with E-state index in [1.807, 2.05) is 0 Å². The SMILES string of the molecule is C1SC2SC12. The van der Waals surface area contributed by atoms with E-state index in [-0.39, 0.29) is 0 Å². The first-order chi connectivity index (χ1) is 2.47. The molecule has 2 atom stereocenters. The van der Waals surface area contributed by atoms with Crippen LogP contribution >= 0.6 is 23.5 Å². The van der Waals surface area contributed by atoms with E-state index in [9.17, 15) is 0 Å². The Bertz CT molecular complexity index is 49.9. The van der Waals surface area contributed by atoms with Crippen LogP contribution in [0.15, 0.2) is 0 Å². The summed E-state index contributed by atoms with van der Waals surface area (Å²) in [6.45, 7) is 0. The number of hydrogen-bond donors (Lipinski definition) is 0. The van der Waals surface area contributed by atoms with E-state index in [0.717, 1.165) is 9.83 Å². The summed E-state index contributed by atoms with van der Waals surface area (Å²) in [5.41, 5.74) is 0. The quantitative estimate of drug-likeness (QED) is 0.423. The molecule has 0 aliphatic carbocycles. The number of thioether (sulfide) groups is 2. The normalized spacial score (nSPS) is 57.6. The summed E-state index contributed by atoms with van der Waals surface area (Å²) in [7, 11) is 0. The largest absolute Gasteiger partial charge is 0.145 e. The van der Waals surface area contributed by atoms with Gasteiger partial charge in [0.2, 0.25) is 0 Å². The van der Waals surface area contributed by atoms with Gasteiger partial charge in [-0.2, -0.15) is 0 Å². The zero-order chi connectivity index (χ0) is 3.28. The van der Waals surface area contributed by atoms with Crippen LogP contribution in [0.1, 0.15) is 0 Å². The smallest absolute Gasteiger partial charge is 0.0633 e. The highest BCUT2D eigenvalue weighted by atomic mass is 32.2. The first-order valence-corrected chi connectivity index (χ1v) is 3.73. The topological polar surface area (TPSA) is 0 Å². The molecule has 2 aliphatic rings. The standard InChI is InChI=1S/C3H4S2/c1-2-3(4-1)5-2/h2-3H,1H2. The molecule has 0 aromatic rings. The van der Waals surface area contributed by atoms with E-state index < -0.39 is 0 Å². The third-order valence-corrected chi connectivity index (χ3v) is 4.37. The van der Waals surface area contributed by atoms with E-state index in [2.05, 4.69) is 23.5 Å². The van der Waals surface area contributed by atoms with E-state index in [1.54, 1.807) is 0 Å². The molecule has 28 valence electrons. The monoisotopic (exact) mass is 104 g/mol. The van der Waals surface area contributed by atoms with Crippen LogP contribution in [0.3, 0.4) is 0 Å². The zero-order valence-electron chi connectivity index (χ0n) is 2.68. The number of hydrogen-bond acceptors (Lipinski definition) is 2. The molecular formula is C3H4S2. The summed E-state index contributed by atoms with van der Waals surface area (Å²) >= 11 is 4.22. The van der Waals surface area contributed by atoms with Crippen molar-refractivity contribution in [2.45, 2.75) is 9.83 Å². The minimum atomic E-state index is 1.06. The second-order valence-electron chi connectivity index (χ2n) is 1.38. The summed E-state index contributed by atoms with van der Waals surface area (Å²) in [5, 5.41) is 1.11. The molecule has 5 heavy (non-hydrogen) atoms. The van der Waals surface area contributed by atoms with Gasteiger partial charge in [-0.15, -0.1) is 23.5 Å². The molecule has 0 radical (unpaired) electrons. The molecule has 0 aromatic carbocycles. The van der Waals surface area contributed by atoms with Crippen molar-refractivity contribution in [2.75, 3.05) is 5.75 Å². The van der Waals surface area contributed by atoms with Gasteiger partial charge in [-0.3, -0.25) is 0 Å². The molecule has 2 heteroatoms. The Kier molecular flexibility index (Phi) is 0.384. The Balaban J connectivity index is 2.19. The molecule has 0 aromatic heterocycles. The van der Waals surface area contributed by atoms with Crippen molar-refractivity contribution in [3.63, 3.8) is 0 Å². The van der Waals surface area contributed by atoms with Crippen LogP contribution in [0.2, 0.25) is 0 Å². The molecule has 2 unspecified atom stereocenters. The third kappa shape index (κ3) is 0.250. The molecule has 2 rings (SSSR count). The van der Waals surface area contributed by atoms with Gasteiger partial charge in [0.1, 0.15) is 0 Å². The maximum Gasteiger partial charge on any atom is 0.0633 e. The lowest BCUT2D eigenvalue weighted by atomic mass is 10.5. The molecule has 2 saturated heterocycles. The maximum absolute atomic E-state index is 2.12. The van der Waals surface area contributed by atoms with Gasteiger partial charge in [0, 0.05) is 11.0 Å². The molecule has 0 bridgehead atoms. The van der Waals surface area contributed by atoms with Crippen LogP contribution in [0, 0.1) is 0 Å². The van der Waals surface area contributed by atoms with Crippen molar-refractivity contribution < 1.29 is 0 Å². The molecule has 2 heterocycles. The Morgan fingerprint density at radius 2 is 2.40 bits per heavy atom. The number of rotatable bonds is 0. The molecule has 0 nitrogen and oxygen atoms in total. The molecule has 0 N–H and O–H groups in total. The van der Waals surface area contributed by atoms with Gasteiger partial charge >= 0.3 is 0 Å². The molecule has 2 aliphatic heterocycles. The minimum Gasteiger partial charge on any atom is -0.145 e. The highest BCUT2D eigenvalue weighted by Gasteiger charge is 2.47. The van der Waals surface area contributed by atoms with Crippen molar-refractivity contribution in [1.29, 1.82) is 0 Å². The van der Waals surface area contributed by atoms with Crippen molar-refractivity contribution >= 4 is 23.5 Å². The van der Waals surface area contributed by atoms with Crippen LogP contribution in [0.5, 0.6) is 0 Å². The lowest BCUT2D eigenvalue weighted by molar-refractivity contribution is 1.16. The van der Waals surface area contributed by atoms with Crippen molar-refractivity contribution in [3.8, 4) is 0 Å². The van der Waals surface area contributed by atoms with Crippen LogP contribution in [0.25, 0.3) is 0 Å². The Hall–Kier alpha value is 0.700. The highest BCUT2D eigenvalue weighted by molar-refractivity contribution is 8.28. The summed E-state index contributed by atoms with van der Waals surface area (Å²) in [6, 6.07) is 0. The van der Waals surface area contributed by atoms with Gasteiger partial charge in [0.25, 0.3) is 0 Å².